The van der Waals surface area contributed by atoms with Gasteiger partial charge in [-0.05, 0) is 25.8 Å². The Kier molecular flexibility index (Phi) is 3.95. The number of fused-ring (bicyclic) bond motifs is 3. The van der Waals surface area contributed by atoms with Crippen molar-refractivity contribution in [1.29, 1.82) is 0 Å². The first-order valence-electron chi connectivity index (χ1n) is 9.05. The zero-order chi connectivity index (χ0) is 18.4. The molecule has 4 aromatic rings. The third kappa shape index (κ3) is 2.55. The Labute approximate surface area is 153 Å². The molecule has 0 aliphatic rings. The minimum absolute atomic E-state index is 0.241. The summed E-state index contributed by atoms with van der Waals surface area (Å²) in [4.78, 5) is 4.76. The largest absolute Gasteiger partial charge is 0.507 e. The molecule has 0 spiro atoms. The number of nitrogens with zero attached hydrogens (tertiary/aromatic N) is 1. The number of hydrogen-bond donors (Lipinski definition) is 1. The molecule has 3 nitrogen and oxygen atoms in total. The summed E-state index contributed by atoms with van der Waals surface area (Å²) in [7, 11) is 0. The van der Waals surface area contributed by atoms with E-state index in [4.69, 9.17) is 9.40 Å². The standard InChI is InChI=1S/C23H23NO2/c1-13(2)21-19(22(25)14(3)15(4)24-21)12-16-8-7-10-18-17-9-5-6-11-20(17)26-23(16)18/h5-11,13H,12H2,1-4H3,(H,24,25). The molecule has 0 bridgehead atoms. The lowest BCUT2D eigenvalue weighted by molar-refractivity contribution is 0.460. The van der Waals surface area contributed by atoms with Crippen molar-refractivity contribution in [3.05, 3.63) is 70.5 Å². The summed E-state index contributed by atoms with van der Waals surface area (Å²) < 4.78 is 6.15. The summed E-state index contributed by atoms with van der Waals surface area (Å²) >= 11 is 0. The van der Waals surface area contributed by atoms with Crippen LogP contribution in [-0.4, -0.2) is 10.1 Å². The van der Waals surface area contributed by atoms with Crippen LogP contribution in [0.4, 0.5) is 0 Å². The summed E-state index contributed by atoms with van der Waals surface area (Å²) in [6.07, 6.45) is 0.602. The summed E-state index contributed by atoms with van der Waals surface area (Å²) in [6, 6.07) is 14.3. The highest BCUT2D eigenvalue weighted by Gasteiger charge is 2.19. The number of aromatic hydroxyl groups is 1. The van der Waals surface area contributed by atoms with Crippen LogP contribution in [0.5, 0.6) is 5.75 Å². The molecule has 0 atom stereocenters. The van der Waals surface area contributed by atoms with Gasteiger partial charge in [0.05, 0.1) is 5.69 Å². The molecule has 0 radical (unpaired) electrons. The normalized spacial score (nSPS) is 11.7. The van der Waals surface area contributed by atoms with E-state index in [0.717, 1.165) is 50.0 Å². The van der Waals surface area contributed by atoms with Crippen LogP contribution in [0, 0.1) is 13.8 Å². The van der Waals surface area contributed by atoms with E-state index in [1.54, 1.807) is 0 Å². The monoisotopic (exact) mass is 345 g/mol. The van der Waals surface area contributed by atoms with E-state index in [-0.39, 0.29) is 5.92 Å². The lowest BCUT2D eigenvalue weighted by atomic mass is 9.94. The van der Waals surface area contributed by atoms with E-state index in [1.807, 2.05) is 32.0 Å². The Bertz CT molecular complexity index is 1120. The zero-order valence-electron chi connectivity index (χ0n) is 15.6. The lowest BCUT2D eigenvalue weighted by Gasteiger charge is -2.17. The summed E-state index contributed by atoms with van der Waals surface area (Å²) in [5.41, 5.74) is 6.44. The Hall–Kier alpha value is -2.81. The van der Waals surface area contributed by atoms with E-state index < -0.39 is 0 Å². The predicted molar refractivity (Wildman–Crippen MR) is 106 cm³/mol. The highest BCUT2D eigenvalue weighted by molar-refractivity contribution is 6.05. The zero-order valence-corrected chi connectivity index (χ0v) is 15.6. The van der Waals surface area contributed by atoms with Crippen molar-refractivity contribution < 1.29 is 9.52 Å². The average molecular weight is 345 g/mol. The number of pyridine rings is 1. The second kappa shape index (κ2) is 6.17. The van der Waals surface area contributed by atoms with Gasteiger partial charge in [0.25, 0.3) is 0 Å². The number of aromatic nitrogens is 1. The van der Waals surface area contributed by atoms with E-state index >= 15 is 0 Å². The highest BCUT2D eigenvalue weighted by atomic mass is 16.3. The molecule has 0 saturated carbocycles. The third-order valence-electron chi connectivity index (χ3n) is 5.18. The fourth-order valence-electron chi connectivity index (χ4n) is 3.64. The Morgan fingerprint density at radius 1 is 1.00 bits per heavy atom. The van der Waals surface area contributed by atoms with Crippen molar-refractivity contribution >= 4 is 21.9 Å². The van der Waals surface area contributed by atoms with Crippen molar-refractivity contribution in [2.24, 2.45) is 0 Å². The number of furan rings is 1. The van der Waals surface area contributed by atoms with Gasteiger partial charge >= 0.3 is 0 Å². The van der Waals surface area contributed by atoms with Crippen LogP contribution in [0.3, 0.4) is 0 Å². The lowest BCUT2D eigenvalue weighted by Crippen LogP contribution is -2.05. The van der Waals surface area contributed by atoms with Gasteiger partial charge in [-0.15, -0.1) is 0 Å². The molecule has 0 amide bonds. The molecule has 2 heterocycles. The van der Waals surface area contributed by atoms with Crippen molar-refractivity contribution in [3.63, 3.8) is 0 Å². The maximum Gasteiger partial charge on any atom is 0.138 e. The van der Waals surface area contributed by atoms with Crippen LogP contribution in [0.1, 0.15) is 47.8 Å². The molecule has 26 heavy (non-hydrogen) atoms. The first-order chi connectivity index (χ1) is 12.5. The van der Waals surface area contributed by atoms with Crippen LogP contribution >= 0.6 is 0 Å². The highest BCUT2D eigenvalue weighted by Crippen LogP contribution is 2.36. The fourth-order valence-corrected chi connectivity index (χ4v) is 3.64. The number of benzene rings is 2. The van der Waals surface area contributed by atoms with Crippen LogP contribution in [0.15, 0.2) is 46.9 Å². The van der Waals surface area contributed by atoms with Gasteiger partial charge < -0.3 is 9.52 Å². The van der Waals surface area contributed by atoms with Gasteiger partial charge in [-0.3, -0.25) is 4.98 Å². The van der Waals surface area contributed by atoms with Crippen LogP contribution in [-0.2, 0) is 6.42 Å². The number of aryl methyl sites for hydroxylation is 1. The van der Waals surface area contributed by atoms with Crippen LogP contribution in [0.25, 0.3) is 21.9 Å². The first-order valence-corrected chi connectivity index (χ1v) is 9.05. The number of rotatable bonds is 3. The van der Waals surface area contributed by atoms with Gasteiger partial charge in [0.2, 0.25) is 0 Å². The van der Waals surface area contributed by atoms with Crippen LogP contribution in [0.2, 0.25) is 0 Å². The molecule has 0 saturated heterocycles. The van der Waals surface area contributed by atoms with Crippen molar-refractivity contribution in [2.75, 3.05) is 0 Å². The third-order valence-corrected chi connectivity index (χ3v) is 5.18. The molecule has 0 aliphatic heterocycles. The molecule has 2 aromatic carbocycles. The molecular weight excluding hydrogens is 322 g/mol. The molecule has 132 valence electrons. The Balaban J connectivity index is 1.92. The van der Waals surface area contributed by atoms with Gasteiger partial charge in [-0.1, -0.05) is 50.2 Å². The van der Waals surface area contributed by atoms with Crippen molar-refractivity contribution in [3.8, 4) is 5.75 Å². The molecule has 2 aromatic heterocycles. The van der Waals surface area contributed by atoms with Gasteiger partial charge in [-0.2, -0.15) is 0 Å². The number of para-hydroxylation sites is 2. The summed E-state index contributed by atoms with van der Waals surface area (Å²) in [5, 5.41) is 13.0. The van der Waals surface area contributed by atoms with Gasteiger partial charge in [-0.25, -0.2) is 0 Å². The minimum atomic E-state index is 0.241. The van der Waals surface area contributed by atoms with Gasteiger partial charge in [0.1, 0.15) is 16.9 Å². The summed E-state index contributed by atoms with van der Waals surface area (Å²) in [5.74, 6) is 0.597. The van der Waals surface area contributed by atoms with E-state index in [9.17, 15) is 5.11 Å². The fraction of sp³-hybridized carbons (Fsp3) is 0.261. The Morgan fingerprint density at radius 2 is 1.73 bits per heavy atom. The molecule has 0 aliphatic carbocycles. The smallest absolute Gasteiger partial charge is 0.138 e. The van der Waals surface area contributed by atoms with Gasteiger partial charge in [0, 0.05) is 39.6 Å². The predicted octanol–water partition coefficient (Wildman–Crippen LogP) is 6.02. The average Bonchev–Trinajstić information content (AvgIpc) is 3.01. The molecule has 1 N–H and O–H groups in total. The molecule has 0 fully saturated rings. The second-order valence-electron chi connectivity index (χ2n) is 7.26. The topological polar surface area (TPSA) is 46.3 Å². The molecule has 0 unspecified atom stereocenters. The van der Waals surface area contributed by atoms with E-state index in [0.29, 0.717) is 12.2 Å². The summed E-state index contributed by atoms with van der Waals surface area (Å²) in [6.45, 7) is 8.10. The quantitative estimate of drug-likeness (QED) is 0.494. The number of hydrogen-bond acceptors (Lipinski definition) is 3. The molecule has 3 heteroatoms. The van der Waals surface area contributed by atoms with Gasteiger partial charge in [0.15, 0.2) is 0 Å². The first kappa shape index (κ1) is 16.6. The minimum Gasteiger partial charge on any atom is -0.507 e. The maximum atomic E-state index is 10.8. The molecule has 4 rings (SSSR count). The van der Waals surface area contributed by atoms with E-state index in [1.165, 1.54) is 0 Å². The van der Waals surface area contributed by atoms with Crippen LogP contribution < -0.4 is 0 Å². The SMILES string of the molecule is Cc1nc(C(C)C)c(Cc2cccc3c2oc2ccccc23)c(O)c1C. The second-order valence-corrected chi connectivity index (χ2v) is 7.26. The van der Waals surface area contributed by atoms with Crippen molar-refractivity contribution in [1.82, 2.24) is 4.98 Å². The van der Waals surface area contributed by atoms with E-state index in [2.05, 4.69) is 38.1 Å². The maximum absolute atomic E-state index is 10.8. The Morgan fingerprint density at radius 3 is 2.50 bits per heavy atom. The van der Waals surface area contributed by atoms with Crippen molar-refractivity contribution in [2.45, 2.75) is 40.0 Å². The molecular formula is C23H23NO2.